The van der Waals surface area contributed by atoms with Crippen LogP contribution in [0.1, 0.15) is 17.5 Å². The van der Waals surface area contributed by atoms with Crippen molar-refractivity contribution >= 4 is 0 Å². The first-order chi connectivity index (χ1) is 11.2. The van der Waals surface area contributed by atoms with Gasteiger partial charge >= 0.3 is 0 Å². The van der Waals surface area contributed by atoms with E-state index in [1.807, 2.05) is 31.3 Å². The summed E-state index contributed by atoms with van der Waals surface area (Å²) in [6, 6.07) is 18.4. The summed E-state index contributed by atoms with van der Waals surface area (Å²) in [5.41, 5.74) is 2.40. The van der Waals surface area contributed by atoms with E-state index in [1.165, 1.54) is 5.56 Å². The third-order valence-corrected chi connectivity index (χ3v) is 4.12. The Morgan fingerprint density at radius 2 is 1.65 bits per heavy atom. The van der Waals surface area contributed by atoms with Crippen molar-refractivity contribution in [3.05, 3.63) is 65.7 Å². The molecule has 2 aromatic carbocycles. The van der Waals surface area contributed by atoms with Crippen LogP contribution in [0, 0.1) is 0 Å². The van der Waals surface area contributed by atoms with Crippen molar-refractivity contribution in [1.82, 2.24) is 10.6 Å². The fourth-order valence-corrected chi connectivity index (χ4v) is 2.63. The second-order valence-electron chi connectivity index (χ2n) is 5.43. The molecule has 0 fully saturated rings. The van der Waals surface area contributed by atoms with E-state index >= 15 is 0 Å². The molecule has 0 radical (unpaired) electrons. The molecular formula is C19H26N2O2. The van der Waals surface area contributed by atoms with Gasteiger partial charge in [-0.3, -0.25) is 10.6 Å². The lowest BCUT2D eigenvalue weighted by molar-refractivity contribution is -0.0699. The standard InChI is InChI=1S/C19H26N2O2/c1-20-19(23-3,14-13-16-9-5-4-6-10-16)21-15-17-11-7-8-12-18(17)22-2/h4-12,20-21H,13-15H2,1-3H3/t19-/m0/s1. The van der Waals surface area contributed by atoms with Gasteiger partial charge in [0.05, 0.1) is 7.11 Å². The molecule has 0 aliphatic rings. The van der Waals surface area contributed by atoms with Crippen LogP contribution in [0.25, 0.3) is 0 Å². The van der Waals surface area contributed by atoms with Gasteiger partial charge in [-0.1, -0.05) is 48.5 Å². The molecule has 0 aliphatic heterocycles. The van der Waals surface area contributed by atoms with Crippen LogP contribution in [0.4, 0.5) is 0 Å². The Kier molecular flexibility index (Phi) is 6.59. The summed E-state index contributed by atoms with van der Waals surface area (Å²) >= 11 is 0. The number of rotatable bonds is 9. The summed E-state index contributed by atoms with van der Waals surface area (Å²) in [5.74, 6) is 0.306. The van der Waals surface area contributed by atoms with Crippen LogP contribution in [0.2, 0.25) is 0 Å². The molecule has 4 heteroatoms. The van der Waals surface area contributed by atoms with Gasteiger partial charge in [-0.05, 0) is 25.1 Å². The molecule has 0 amide bonds. The van der Waals surface area contributed by atoms with E-state index in [4.69, 9.17) is 9.47 Å². The van der Waals surface area contributed by atoms with Gasteiger partial charge in [0.15, 0.2) is 5.85 Å². The lowest BCUT2D eigenvalue weighted by Gasteiger charge is -2.33. The maximum atomic E-state index is 5.74. The molecule has 23 heavy (non-hydrogen) atoms. The topological polar surface area (TPSA) is 42.5 Å². The van der Waals surface area contributed by atoms with Crippen LogP contribution in [0.3, 0.4) is 0 Å². The zero-order chi connectivity index (χ0) is 16.5. The summed E-state index contributed by atoms with van der Waals surface area (Å²) in [5, 5.41) is 6.75. The third kappa shape index (κ3) is 4.79. The van der Waals surface area contributed by atoms with Gasteiger partial charge in [-0.2, -0.15) is 0 Å². The maximum absolute atomic E-state index is 5.74. The summed E-state index contributed by atoms with van der Waals surface area (Å²) < 4.78 is 11.1. The Bertz CT molecular complexity index is 583. The molecule has 2 aromatic rings. The van der Waals surface area contributed by atoms with Crippen LogP contribution < -0.4 is 15.4 Å². The number of ether oxygens (including phenoxy) is 2. The highest BCUT2D eigenvalue weighted by Crippen LogP contribution is 2.19. The lowest BCUT2D eigenvalue weighted by Crippen LogP contribution is -2.56. The largest absolute Gasteiger partial charge is 0.496 e. The van der Waals surface area contributed by atoms with Crippen molar-refractivity contribution < 1.29 is 9.47 Å². The molecule has 1 atom stereocenters. The minimum absolute atomic E-state index is 0.573. The monoisotopic (exact) mass is 314 g/mol. The molecule has 0 bridgehead atoms. The number of hydrogen-bond acceptors (Lipinski definition) is 4. The van der Waals surface area contributed by atoms with Gasteiger partial charge in [0, 0.05) is 25.6 Å². The molecule has 4 nitrogen and oxygen atoms in total. The second-order valence-corrected chi connectivity index (χ2v) is 5.43. The smallest absolute Gasteiger partial charge is 0.174 e. The predicted molar refractivity (Wildman–Crippen MR) is 93.4 cm³/mol. The minimum Gasteiger partial charge on any atom is -0.496 e. The van der Waals surface area contributed by atoms with Gasteiger partial charge in [-0.25, -0.2) is 0 Å². The summed E-state index contributed by atoms with van der Waals surface area (Å²) in [6.07, 6.45) is 1.74. The molecule has 124 valence electrons. The molecule has 0 saturated carbocycles. The van der Waals surface area contributed by atoms with E-state index in [0.717, 1.165) is 24.2 Å². The van der Waals surface area contributed by atoms with Crippen molar-refractivity contribution in [2.75, 3.05) is 21.3 Å². The highest BCUT2D eigenvalue weighted by atomic mass is 16.5. The highest BCUT2D eigenvalue weighted by molar-refractivity contribution is 5.33. The van der Waals surface area contributed by atoms with Crippen molar-refractivity contribution in [1.29, 1.82) is 0 Å². The van der Waals surface area contributed by atoms with E-state index in [0.29, 0.717) is 6.54 Å². The van der Waals surface area contributed by atoms with Gasteiger partial charge in [0.1, 0.15) is 5.75 Å². The third-order valence-electron chi connectivity index (χ3n) is 4.12. The lowest BCUT2D eigenvalue weighted by atomic mass is 10.1. The molecule has 0 heterocycles. The zero-order valence-corrected chi connectivity index (χ0v) is 14.1. The highest BCUT2D eigenvalue weighted by Gasteiger charge is 2.27. The molecule has 0 spiro atoms. The van der Waals surface area contributed by atoms with Crippen molar-refractivity contribution in [2.24, 2.45) is 0 Å². The molecule has 0 saturated heterocycles. The predicted octanol–water partition coefficient (Wildman–Crippen LogP) is 2.94. The van der Waals surface area contributed by atoms with Crippen LogP contribution >= 0.6 is 0 Å². The number of benzene rings is 2. The Balaban J connectivity index is 2.02. The summed E-state index contributed by atoms with van der Waals surface area (Å²) in [4.78, 5) is 0. The second kappa shape index (κ2) is 8.67. The average Bonchev–Trinajstić information content (AvgIpc) is 2.63. The van der Waals surface area contributed by atoms with Gasteiger partial charge in [-0.15, -0.1) is 0 Å². The van der Waals surface area contributed by atoms with E-state index in [-0.39, 0.29) is 0 Å². The molecule has 2 rings (SSSR count). The number of methoxy groups -OCH3 is 2. The molecular weight excluding hydrogens is 288 g/mol. The Morgan fingerprint density at radius 1 is 0.957 bits per heavy atom. The van der Waals surface area contributed by atoms with E-state index in [9.17, 15) is 0 Å². The normalized spacial score (nSPS) is 13.5. The number of para-hydroxylation sites is 1. The van der Waals surface area contributed by atoms with Crippen molar-refractivity contribution in [3.8, 4) is 5.75 Å². The molecule has 0 unspecified atom stereocenters. The van der Waals surface area contributed by atoms with Gasteiger partial charge in [0.25, 0.3) is 0 Å². The van der Waals surface area contributed by atoms with Crippen LogP contribution in [0.5, 0.6) is 5.75 Å². The summed E-state index contributed by atoms with van der Waals surface area (Å²) in [7, 11) is 5.32. The van der Waals surface area contributed by atoms with Crippen LogP contribution in [-0.2, 0) is 17.7 Å². The Morgan fingerprint density at radius 3 is 2.30 bits per heavy atom. The minimum atomic E-state index is -0.573. The first-order valence-corrected chi connectivity index (χ1v) is 7.88. The number of nitrogens with one attached hydrogen (secondary N) is 2. The van der Waals surface area contributed by atoms with E-state index < -0.39 is 5.85 Å². The first kappa shape index (κ1) is 17.5. The van der Waals surface area contributed by atoms with Crippen molar-refractivity contribution in [3.63, 3.8) is 0 Å². The maximum Gasteiger partial charge on any atom is 0.174 e. The number of hydrogen-bond donors (Lipinski definition) is 2. The Hall–Kier alpha value is -1.88. The Labute approximate surface area is 138 Å². The first-order valence-electron chi connectivity index (χ1n) is 7.88. The van der Waals surface area contributed by atoms with Crippen LogP contribution in [-0.4, -0.2) is 27.1 Å². The fourth-order valence-electron chi connectivity index (χ4n) is 2.63. The van der Waals surface area contributed by atoms with Crippen molar-refractivity contribution in [2.45, 2.75) is 25.2 Å². The average molecular weight is 314 g/mol. The molecule has 0 aliphatic carbocycles. The zero-order valence-electron chi connectivity index (χ0n) is 14.1. The van der Waals surface area contributed by atoms with Gasteiger partial charge < -0.3 is 9.47 Å². The fraction of sp³-hybridized carbons (Fsp3) is 0.368. The molecule has 0 aromatic heterocycles. The quantitative estimate of drug-likeness (QED) is 0.698. The molecule has 2 N–H and O–H groups in total. The SMILES string of the molecule is CN[C@@](CCc1ccccc1)(NCc1ccccc1OC)OC. The van der Waals surface area contributed by atoms with E-state index in [2.05, 4.69) is 41.0 Å². The summed E-state index contributed by atoms with van der Waals surface area (Å²) in [6.45, 7) is 0.660. The number of aryl methyl sites for hydroxylation is 1. The van der Waals surface area contributed by atoms with Crippen LogP contribution in [0.15, 0.2) is 54.6 Å². The van der Waals surface area contributed by atoms with Gasteiger partial charge in [0.2, 0.25) is 0 Å². The van der Waals surface area contributed by atoms with E-state index in [1.54, 1.807) is 14.2 Å².